The monoisotopic (exact) mass is 421 g/mol. The second-order valence-electron chi connectivity index (χ2n) is 8.23. The number of benzene rings is 1. The Morgan fingerprint density at radius 1 is 1.21 bits per heavy atom. The molecular weight excluding hydrogens is 394 g/mol. The summed E-state index contributed by atoms with van der Waals surface area (Å²) in [7, 11) is -0.445. The molecule has 10 heteroatoms. The van der Waals surface area contributed by atoms with Crippen LogP contribution in [0.5, 0.6) is 11.5 Å². The Bertz CT molecular complexity index is 1020. The SMILES string of the molecule is COc1cc2ncnc(N3CC(C)(CCN(C4CC4)S(N)(=O)=O)C3)c2cc1OC. The molecule has 1 aromatic heterocycles. The fraction of sp³-hybridized carbons (Fsp3) is 0.579. The molecule has 1 saturated carbocycles. The van der Waals surface area contributed by atoms with Crippen LogP contribution in [0.3, 0.4) is 0 Å². The number of ether oxygens (including phenoxy) is 2. The fourth-order valence-corrected chi connectivity index (χ4v) is 5.04. The summed E-state index contributed by atoms with van der Waals surface area (Å²) < 4.78 is 35.9. The van der Waals surface area contributed by atoms with Crippen molar-refractivity contribution >= 4 is 26.9 Å². The third-order valence-electron chi connectivity index (χ3n) is 5.78. The molecule has 9 nitrogen and oxygen atoms in total. The molecule has 0 radical (unpaired) electrons. The zero-order valence-corrected chi connectivity index (χ0v) is 17.8. The Morgan fingerprint density at radius 3 is 2.45 bits per heavy atom. The minimum absolute atomic E-state index is 0.00562. The summed E-state index contributed by atoms with van der Waals surface area (Å²) in [5, 5.41) is 6.29. The minimum atomic E-state index is -3.64. The highest BCUT2D eigenvalue weighted by Crippen LogP contribution is 2.41. The van der Waals surface area contributed by atoms with Gasteiger partial charge >= 0.3 is 0 Å². The van der Waals surface area contributed by atoms with E-state index in [0.717, 1.165) is 49.1 Å². The molecule has 0 amide bonds. The highest BCUT2D eigenvalue weighted by molar-refractivity contribution is 7.86. The number of nitrogens with two attached hydrogens (primary N) is 1. The number of methoxy groups -OCH3 is 2. The highest BCUT2D eigenvalue weighted by Gasteiger charge is 2.42. The van der Waals surface area contributed by atoms with Crippen LogP contribution < -0.4 is 19.5 Å². The van der Waals surface area contributed by atoms with Crippen molar-refractivity contribution in [3.8, 4) is 11.5 Å². The number of hydrogen-bond acceptors (Lipinski definition) is 7. The molecule has 29 heavy (non-hydrogen) atoms. The Balaban J connectivity index is 1.49. The number of hydrogen-bond donors (Lipinski definition) is 1. The average Bonchev–Trinajstić information content (AvgIpc) is 3.48. The number of aromatic nitrogens is 2. The molecule has 2 heterocycles. The van der Waals surface area contributed by atoms with Crippen LogP contribution in [-0.4, -0.2) is 62.6 Å². The molecule has 0 atom stereocenters. The van der Waals surface area contributed by atoms with Crippen molar-refractivity contribution in [2.24, 2.45) is 10.6 Å². The summed E-state index contributed by atoms with van der Waals surface area (Å²) in [4.78, 5) is 11.0. The van der Waals surface area contributed by atoms with E-state index in [4.69, 9.17) is 14.6 Å². The summed E-state index contributed by atoms with van der Waals surface area (Å²) in [6.07, 6.45) is 4.11. The molecular formula is C19H27N5O4S. The van der Waals surface area contributed by atoms with Gasteiger partial charge in [0.05, 0.1) is 19.7 Å². The van der Waals surface area contributed by atoms with Crippen LogP contribution in [0.4, 0.5) is 5.82 Å². The maximum Gasteiger partial charge on any atom is 0.277 e. The molecule has 2 N–H and O–H groups in total. The summed E-state index contributed by atoms with van der Waals surface area (Å²) in [5.74, 6) is 2.10. The van der Waals surface area contributed by atoms with Crippen LogP contribution in [0, 0.1) is 5.41 Å². The second kappa shape index (κ2) is 7.26. The van der Waals surface area contributed by atoms with Gasteiger partial charge in [-0.15, -0.1) is 0 Å². The first-order valence-corrected chi connectivity index (χ1v) is 11.2. The zero-order valence-electron chi connectivity index (χ0n) is 17.0. The Hall–Kier alpha value is -2.17. The van der Waals surface area contributed by atoms with Crippen molar-refractivity contribution in [2.75, 3.05) is 38.8 Å². The highest BCUT2D eigenvalue weighted by atomic mass is 32.2. The first kappa shape index (κ1) is 20.1. The van der Waals surface area contributed by atoms with Gasteiger partial charge in [-0.3, -0.25) is 0 Å². The van der Waals surface area contributed by atoms with E-state index < -0.39 is 10.2 Å². The van der Waals surface area contributed by atoms with Crippen LogP contribution in [0.25, 0.3) is 10.9 Å². The first-order valence-electron chi connectivity index (χ1n) is 9.65. The quantitative estimate of drug-likeness (QED) is 0.688. The number of nitrogens with zero attached hydrogens (tertiary/aromatic N) is 4. The number of rotatable bonds is 8. The van der Waals surface area contributed by atoms with Crippen molar-refractivity contribution in [3.05, 3.63) is 18.5 Å². The fourth-order valence-electron chi connectivity index (χ4n) is 4.06. The van der Waals surface area contributed by atoms with Gasteiger partial charge in [0.1, 0.15) is 12.1 Å². The van der Waals surface area contributed by atoms with Crippen molar-refractivity contribution in [1.82, 2.24) is 14.3 Å². The minimum Gasteiger partial charge on any atom is -0.493 e. The van der Waals surface area contributed by atoms with E-state index in [2.05, 4.69) is 21.8 Å². The lowest BCUT2D eigenvalue weighted by Crippen LogP contribution is -2.56. The lowest BCUT2D eigenvalue weighted by molar-refractivity contribution is 0.201. The van der Waals surface area contributed by atoms with E-state index in [0.29, 0.717) is 18.0 Å². The molecule has 1 aromatic carbocycles. The Kier molecular flexibility index (Phi) is 5.04. The van der Waals surface area contributed by atoms with E-state index in [1.165, 1.54) is 4.31 Å². The van der Waals surface area contributed by atoms with Gasteiger partial charge in [-0.1, -0.05) is 6.92 Å². The number of anilines is 1. The normalized spacial score (nSPS) is 18.7. The van der Waals surface area contributed by atoms with E-state index in [1.54, 1.807) is 20.5 Å². The molecule has 2 fully saturated rings. The molecule has 4 rings (SSSR count). The first-order chi connectivity index (χ1) is 13.7. The van der Waals surface area contributed by atoms with Crippen molar-refractivity contribution in [1.29, 1.82) is 0 Å². The maximum atomic E-state index is 11.8. The zero-order chi connectivity index (χ0) is 20.8. The molecule has 2 aliphatic rings. The smallest absolute Gasteiger partial charge is 0.277 e. The van der Waals surface area contributed by atoms with Crippen LogP contribution in [-0.2, 0) is 10.2 Å². The maximum absolute atomic E-state index is 11.8. The molecule has 1 saturated heterocycles. The standard InChI is InChI=1S/C19H27N5O4S/c1-19(6-7-24(13-4-5-13)29(20,25)26)10-23(11-19)18-14-8-16(27-2)17(28-3)9-15(14)21-12-22-18/h8-9,12-13H,4-7,10-11H2,1-3H3,(H2,20,25,26). The van der Waals surface area contributed by atoms with Gasteiger partial charge in [-0.05, 0) is 25.3 Å². The van der Waals surface area contributed by atoms with Gasteiger partial charge in [-0.2, -0.15) is 12.7 Å². The third-order valence-corrected chi connectivity index (χ3v) is 6.92. The Labute approximate surface area is 171 Å². The molecule has 0 spiro atoms. The molecule has 2 aromatic rings. The summed E-state index contributed by atoms with van der Waals surface area (Å²) in [6, 6.07) is 3.82. The predicted molar refractivity (Wildman–Crippen MR) is 110 cm³/mol. The average molecular weight is 422 g/mol. The van der Waals surface area contributed by atoms with Gasteiger partial charge < -0.3 is 14.4 Å². The molecule has 1 aliphatic carbocycles. The van der Waals surface area contributed by atoms with Crippen molar-refractivity contribution < 1.29 is 17.9 Å². The second-order valence-corrected chi connectivity index (χ2v) is 9.72. The van der Waals surface area contributed by atoms with Crippen LogP contribution >= 0.6 is 0 Å². The van der Waals surface area contributed by atoms with Gasteiger partial charge in [0.2, 0.25) is 0 Å². The van der Waals surface area contributed by atoms with E-state index in [9.17, 15) is 8.42 Å². The summed E-state index contributed by atoms with van der Waals surface area (Å²) in [6.45, 7) is 4.21. The number of fused-ring (bicyclic) bond motifs is 1. The van der Waals surface area contributed by atoms with Crippen LogP contribution in [0.2, 0.25) is 0 Å². The van der Waals surface area contributed by atoms with Crippen LogP contribution in [0.1, 0.15) is 26.2 Å². The summed E-state index contributed by atoms with van der Waals surface area (Å²) >= 11 is 0. The molecule has 0 bridgehead atoms. The van der Waals surface area contributed by atoms with Crippen molar-refractivity contribution in [2.45, 2.75) is 32.2 Å². The molecule has 0 unspecified atom stereocenters. The molecule has 1 aliphatic heterocycles. The third kappa shape index (κ3) is 3.96. The largest absolute Gasteiger partial charge is 0.493 e. The Morgan fingerprint density at radius 2 is 1.86 bits per heavy atom. The lowest BCUT2D eigenvalue weighted by atomic mass is 9.78. The topological polar surface area (TPSA) is 111 Å². The lowest BCUT2D eigenvalue weighted by Gasteiger charge is -2.49. The van der Waals surface area contributed by atoms with E-state index in [-0.39, 0.29) is 11.5 Å². The van der Waals surface area contributed by atoms with Gasteiger partial charge in [0.15, 0.2) is 11.5 Å². The van der Waals surface area contributed by atoms with Gasteiger partial charge in [-0.25, -0.2) is 15.1 Å². The van der Waals surface area contributed by atoms with Crippen LogP contribution in [0.15, 0.2) is 18.5 Å². The van der Waals surface area contributed by atoms with E-state index >= 15 is 0 Å². The van der Waals surface area contributed by atoms with Gasteiger partial charge in [0, 0.05) is 42.5 Å². The predicted octanol–water partition coefficient (Wildman–Crippen LogP) is 1.53. The molecule has 158 valence electrons. The van der Waals surface area contributed by atoms with E-state index in [1.807, 2.05) is 12.1 Å². The summed E-state index contributed by atoms with van der Waals surface area (Å²) in [5.41, 5.74) is 0.793. The van der Waals surface area contributed by atoms with Gasteiger partial charge in [0.25, 0.3) is 10.2 Å². The van der Waals surface area contributed by atoms with Crippen molar-refractivity contribution in [3.63, 3.8) is 0 Å².